The highest BCUT2D eigenvalue weighted by Crippen LogP contribution is 2.34. The fourth-order valence-corrected chi connectivity index (χ4v) is 2.98. The molecule has 0 radical (unpaired) electrons. The van der Waals surface area contributed by atoms with Gasteiger partial charge in [0, 0.05) is 0 Å². The number of aryl methyl sites for hydroxylation is 2. The van der Waals surface area contributed by atoms with E-state index in [1.165, 1.54) is 44.1 Å². The Morgan fingerprint density at radius 2 is 2.24 bits per heavy atom. The Bertz CT molecular complexity index is 357. The molecule has 1 nitrogen and oxygen atoms in total. The molecule has 94 valence electrons. The van der Waals surface area contributed by atoms with E-state index in [1.54, 1.807) is 11.1 Å². The number of hydrogen-bond acceptors (Lipinski definition) is 1. The molecule has 2 rings (SSSR count). The van der Waals surface area contributed by atoms with Crippen LogP contribution in [0.25, 0.3) is 0 Å². The highest BCUT2D eigenvalue weighted by atomic mass is 14.5. The third-order valence-corrected chi connectivity index (χ3v) is 3.98. The Hall–Kier alpha value is -0.820. The van der Waals surface area contributed by atoms with Crippen molar-refractivity contribution >= 4 is 0 Å². The molecule has 0 fully saturated rings. The second kappa shape index (κ2) is 6.20. The van der Waals surface area contributed by atoms with Crippen LogP contribution in [-0.2, 0) is 12.8 Å². The monoisotopic (exact) mass is 231 g/mol. The normalized spacial score (nSPS) is 19.1. The quantitative estimate of drug-likeness (QED) is 0.819. The van der Waals surface area contributed by atoms with Gasteiger partial charge in [-0.05, 0) is 67.7 Å². The molecule has 0 unspecified atom stereocenters. The minimum atomic E-state index is 0.727. The first-order chi connectivity index (χ1) is 8.35. The van der Waals surface area contributed by atoms with Crippen molar-refractivity contribution in [1.82, 2.24) is 0 Å². The molecule has 1 aromatic carbocycles. The zero-order valence-corrected chi connectivity index (χ0v) is 11.0. The van der Waals surface area contributed by atoms with Crippen molar-refractivity contribution in [3.63, 3.8) is 0 Å². The molecule has 0 heterocycles. The van der Waals surface area contributed by atoms with Crippen LogP contribution in [0.5, 0.6) is 0 Å². The van der Waals surface area contributed by atoms with Crippen LogP contribution < -0.4 is 5.73 Å². The lowest BCUT2D eigenvalue weighted by Crippen LogP contribution is -2.14. The fourth-order valence-electron chi connectivity index (χ4n) is 2.98. The number of unbranched alkanes of at least 4 members (excludes halogenated alkanes) is 1. The molecule has 0 bridgehead atoms. The molecule has 0 saturated carbocycles. The first-order valence-electron chi connectivity index (χ1n) is 7.17. The maximum Gasteiger partial charge on any atom is -0.00714 e. The van der Waals surface area contributed by atoms with E-state index in [0.29, 0.717) is 0 Å². The molecule has 1 aliphatic rings. The van der Waals surface area contributed by atoms with E-state index in [4.69, 9.17) is 5.73 Å². The van der Waals surface area contributed by atoms with Gasteiger partial charge < -0.3 is 5.73 Å². The van der Waals surface area contributed by atoms with E-state index in [-0.39, 0.29) is 0 Å². The highest BCUT2D eigenvalue weighted by Gasteiger charge is 2.19. The molecule has 0 saturated heterocycles. The topological polar surface area (TPSA) is 26.0 Å². The lowest BCUT2D eigenvalue weighted by molar-refractivity contribution is 0.525. The van der Waals surface area contributed by atoms with Crippen molar-refractivity contribution in [3.8, 4) is 0 Å². The standard InChI is InChI=1S/C16H25N/c1-2-3-5-13-8-9-14-6-4-7-15(10-11-17)16(14)12-13/h8-9,12,15H,2-7,10-11,17H2,1H3/t15-/m1/s1. The van der Waals surface area contributed by atoms with Crippen LogP contribution in [0.4, 0.5) is 0 Å². The average Bonchev–Trinajstić information content (AvgIpc) is 2.37. The predicted octanol–water partition coefficient (Wildman–Crippen LogP) is 3.80. The van der Waals surface area contributed by atoms with Crippen LogP contribution in [0.1, 0.15) is 61.6 Å². The number of hydrogen-bond donors (Lipinski definition) is 1. The van der Waals surface area contributed by atoms with E-state index in [9.17, 15) is 0 Å². The largest absolute Gasteiger partial charge is 0.330 e. The molecule has 1 aromatic rings. The summed E-state index contributed by atoms with van der Waals surface area (Å²) in [6.45, 7) is 3.08. The van der Waals surface area contributed by atoms with Gasteiger partial charge in [0.05, 0.1) is 0 Å². The van der Waals surface area contributed by atoms with Gasteiger partial charge in [-0.3, -0.25) is 0 Å². The maximum atomic E-state index is 5.73. The fraction of sp³-hybridized carbons (Fsp3) is 0.625. The van der Waals surface area contributed by atoms with Crippen molar-refractivity contribution in [1.29, 1.82) is 0 Å². The number of fused-ring (bicyclic) bond motifs is 1. The molecular weight excluding hydrogens is 206 g/mol. The van der Waals surface area contributed by atoms with Crippen LogP contribution in [0.3, 0.4) is 0 Å². The SMILES string of the molecule is CCCCc1ccc2c(c1)[C@@H](CCN)CCC2. The number of benzene rings is 1. The first kappa shape index (κ1) is 12.6. The van der Waals surface area contributed by atoms with E-state index in [2.05, 4.69) is 25.1 Å². The Morgan fingerprint density at radius 1 is 1.35 bits per heavy atom. The zero-order valence-electron chi connectivity index (χ0n) is 11.0. The van der Waals surface area contributed by atoms with Gasteiger partial charge in [-0.2, -0.15) is 0 Å². The summed E-state index contributed by atoms with van der Waals surface area (Å²) in [6.07, 6.45) is 8.92. The lowest BCUT2D eigenvalue weighted by Gasteiger charge is -2.26. The Kier molecular flexibility index (Phi) is 4.61. The van der Waals surface area contributed by atoms with E-state index in [0.717, 1.165) is 18.9 Å². The number of nitrogens with two attached hydrogens (primary N) is 1. The summed E-state index contributed by atoms with van der Waals surface area (Å²) in [5.41, 5.74) is 10.4. The molecule has 0 aromatic heterocycles. The van der Waals surface area contributed by atoms with Gasteiger partial charge in [-0.1, -0.05) is 31.5 Å². The molecule has 1 heteroatoms. The summed E-state index contributed by atoms with van der Waals surface area (Å²) in [5.74, 6) is 0.727. The van der Waals surface area contributed by atoms with Gasteiger partial charge in [-0.25, -0.2) is 0 Å². The van der Waals surface area contributed by atoms with E-state index >= 15 is 0 Å². The van der Waals surface area contributed by atoms with Gasteiger partial charge in [-0.15, -0.1) is 0 Å². The number of rotatable bonds is 5. The van der Waals surface area contributed by atoms with E-state index < -0.39 is 0 Å². The second-order valence-corrected chi connectivity index (χ2v) is 5.30. The Morgan fingerprint density at radius 3 is 3.00 bits per heavy atom. The first-order valence-corrected chi connectivity index (χ1v) is 7.17. The summed E-state index contributed by atoms with van der Waals surface area (Å²) in [6, 6.07) is 7.16. The molecule has 17 heavy (non-hydrogen) atoms. The third-order valence-electron chi connectivity index (χ3n) is 3.98. The molecule has 0 spiro atoms. The minimum absolute atomic E-state index is 0.727. The summed E-state index contributed by atoms with van der Waals surface area (Å²) in [7, 11) is 0. The van der Waals surface area contributed by atoms with Crippen LogP contribution in [-0.4, -0.2) is 6.54 Å². The summed E-state index contributed by atoms with van der Waals surface area (Å²) >= 11 is 0. The summed E-state index contributed by atoms with van der Waals surface area (Å²) in [4.78, 5) is 0. The van der Waals surface area contributed by atoms with Gasteiger partial charge in [0.1, 0.15) is 0 Å². The molecule has 1 atom stereocenters. The Labute approximate surface area is 105 Å². The second-order valence-electron chi connectivity index (χ2n) is 5.30. The van der Waals surface area contributed by atoms with Gasteiger partial charge >= 0.3 is 0 Å². The molecule has 0 amide bonds. The maximum absolute atomic E-state index is 5.73. The smallest absolute Gasteiger partial charge is 0.00714 e. The highest BCUT2D eigenvalue weighted by molar-refractivity contribution is 5.36. The van der Waals surface area contributed by atoms with Crippen molar-refractivity contribution in [2.24, 2.45) is 5.73 Å². The molecule has 1 aliphatic carbocycles. The van der Waals surface area contributed by atoms with Gasteiger partial charge in [0.25, 0.3) is 0 Å². The zero-order chi connectivity index (χ0) is 12.1. The third kappa shape index (κ3) is 3.10. The van der Waals surface area contributed by atoms with Crippen LogP contribution in [0, 0.1) is 0 Å². The Balaban J connectivity index is 2.18. The van der Waals surface area contributed by atoms with E-state index in [1.807, 2.05) is 0 Å². The average molecular weight is 231 g/mol. The molecule has 2 N–H and O–H groups in total. The summed E-state index contributed by atoms with van der Waals surface area (Å²) in [5, 5.41) is 0. The van der Waals surface area contributed by atoms with Crippen LogP contribution in [0.15, 0.2) is 18.2 Å². The summed E-state index contributed by atoms with van der Waals surface area (Å²) < 4.78 is 0. The minimum Gasteiger partial charge on any atom is -0.330 e. The van der Waals surface area contributed by atoms with Crippen molar-refractivity contribution in [2.45, 2.75) is 57.8 Å². The van der Waals surface area contributed by atoms with Gasteiger partial charge in [0.2, 0.25) is 0 Å². The lowest BCUT2D eigenvalue weighted by atomic mass is 9.80. The van der Waals surface area contributed by atoms with Crippen molar-refractivity contribution < 1.29 is 0 Å². The van der Waals surface area contributed by atoms with Crippen molar-refractivity contribution in [2.75, 3.05) is 6.54 Å². The van der Waals surface area contributed by atoms with Gasteiger partial charge in [0.15, 0.2) is 0 Å². The van der Waals surface area contributed by atoms with Crippen LogP contribution in [0.2, 0.25) is 0 Å². The van der Waals surface area contributed by atoms with Crippen LogP contribution >= 0.6 is 0 Å². The predicted molar refractivity (Wildman–Crippen MR) is 74.4 cm³/mol. The van der Waals surface area contributed by atoms with Crippen molar-refractivity contribution in [3.05, 3.63) is 34.9 Å². The molecule has 0 aliphatic heterocycles. The molecular formula is C16H25N.